The first-order valence-corrected chi connectivity index (χ1v) is 8.95. The van der Waals surface area contributed by atoms with Crippen LogP contribution in [0.5, 0.6) is 0 Å². The van der Waals surface area contributed by atoms with Crippen molar-refractivity contribution in [1.82, 2.24) is 0 Å². The molecule has 3 rings (SSSR count). The molecule has 2 aromatic rings. The molecular weight excluding hydrogens is 312 g/mol. The number of benzene rings is 2. The Morgan fingerprint density at radius 3 is 2.64 bits per heavy atom. The van der Waals surface area contributed by atoms with E-state index in [-0.39, 0.29) is 5.91 Å². The first kappa shape index (κ1) is 17.5. The molecule has 1 saturated carbocycles. The monoisotopic (exact) mass is 338 g/mol. The van der Waals surface area contributed by atoms with E-state index in [1.807, 2.05) is 48.5 Å². The molecule has 0 atom stereocenters. The van der Waals surface area contributed by atoms with Crippen LogP contribution >= 0.6 is 0 Å². The van der Waals surface area contributed by atoms with Crippen molar-refractivity contribution in [2.75, 3.05) is 17.2 Å². The summed E-state index contributed by atoms with van der Waals surface area (Å²) >= 11 is 0. The second kappa shape index (κ2) is 8.17. The average molecular weight is 338 g/mol. The molecule has 0 bridgehead atoms. The molecule has 25 heavy (non-hydrogen) atoms. The second-order valence-corrected chi connectivity index (χ2v) is 6.99. The van der Waals surface area contributed by atoms with Crippen LogP contribution in [0.2, 0.25) is 0 Å². The molecule has 1 aliphatic carbocycles. The standard InChI is InChI=1S/C21H26N2O2/c1-15(2)22-20-8-4-6-18(12-20)21(24)23-19-7-3-5-17(11-19)14-25-13-16-9-10-16/h3-8,11-12,15-16,22H,9-10,13-14H2,1-2H3,(H,23,24). The van der Waals surface area contributed by atoms with Gasteiger partial charge in [-0.15, -0.1) is 0 Å². The summed E-state index contributed by atoms with van der Waals surface area (Å²) in [5, 5.41) is 6.28. The van der Waals surface area contributed by atoms with Gasteiger partial charge in [-0.25, -0.2) is 0 Å². The van der Waals surface area contributed by atoms with Crippen molar-refractivity contribution in [3.8, 4) is 0 Å². The number of hydrogen-bond donors (Lipinski definition) is 2. The fourth-order valence-electron chi connectivity index (χ4n) is 2.65. The molecule has 0 spiro atoms. The van der Waals surface area contributed by atoms with Gasteiger partial charge in [-0.1, -0.05) is 18.2 Å². The maximum Gasteiger partial charge on any atom is 0.255 e. The topological polar surface area (TPSA) is 50.4 Å². The summed E-state index contributed by atoms with van der Waals surface area (Å²) in [7, 11) is 0. The third kappa shape index (κ3) is 5.61. The molecule has 2 aromatic carbocycles. The van der Waals surface area contributed by atoms with E-state index in [1.54, 1.807) is 0 Å². The number of ether oxygens (including phenoxy) is 1. The van der Waals surface area contributed by atoms with Gasteiger partial charge in [0.2, 0.25) is 0 Å². The van der Waals surface area contributed by atoms with Crippen molar-refractivity contribution in [3.05, 3.63) is 59.7 Å². The van der Waals surface area contributed by atoms with Crippen molar-refractivity contribution in [2.24, 2.45) is 5.92 Å². The van der Waals surface area contributed by atoms with Gasteiger partial charge < -0.3 is 15.4 Å². The quantitative estimate of drug-likeness (QED) is 0.734. The van der Waals surface area contributed by atoms with Gasteiger partial charge in [0.15, 0.2) is 0 Å². The number of carbonyl (C=O) groups is 1. The summed E-state index contributed by atoms with van der Waals surface area (Å²) < 4.78 is 5.72. The zero-order valence-corrected chi connectivity index (χ0v) is 14.9. The smallest absolute Gasteiger partial charge is 0.255 e. The van der Waals surface area contributed by atoms with Crippen LogP contribution in [-0.4, -0.2) is 18.6 Å². The minimum Gasteiger partial charge on any atom is -0.383 e. The van der Waals surface area contributed by atoms with Crippen LogP contribution in [0.1, 0.15) is 42.6 Å². The van der Waals surface area contributed by atoms with Gasteiger partial charge >= 0.3 is 0 Å². The van der Waals surface area contributed by atoms with E-state index in [2.05, 4.69) is 24.5 Å². The number of rotatable bonds is 8. The van der Waals surface area contributed by atoms with Crippen molar-refractivity contribution in [1.29, 1.82) is 0 Å². The largest absolute Gasteiger partial charge is 0.383 e. The van der Waals surface area contributed by atoms with Crippen LogP contribution in [0.15, 0.2) is 48.5 Å². The summed E-state index contributed by atoms with van der Waals surface area (Å²) in [5.41, 5.74) is 3.46. The molecule has 0 saturated heterocycles. The normalized spacial score (nSPS) is 13.7. The van der Waals surface area contributed by atoms with Gasteiger partial charge in [0, 0.05) is 29.6 Å². The van der Waals surface area contributed by atoms with E-state index >= 15 is 0 Å². The van der Waals surface area contributed by atoms with E-state index in [1.165, 1.54) is 12.8 Å². The molecule has 0 unspecified atom stereocenters. The first-order chi connectivity index (χ1) is 12.1. The van der Waals surface area contributed by atoms with Crippen molar-refractivity contribution in [3.63, 3.8) is 0 Å². The van der Waals surface area contributed by atoms with Crippen LogP contribution in [0.4, 0.5) is 11.4 Å². The van der Waals surface area contributed by atoms with Crippen LogP contribution in [0, 0.1) is 5.92 Å². The third-order valence-electron chi connectivity index (χ3n) is 4.08. The molecule has 4 heteroatoms. The molecule has 0 radical (unpaired) electrons. The predicted octanol–water partition coefficient (Wildman–Crippen LogP) is 4.69. The third-order valence-corrected chi connectivity index (χ3v) is 4.08. The fourth-order valence-corrected chi connectivity index (χ4v) is 2.65. The van der Waals surface area contributed by atoms with Gasteiger partial charge in [-0.3, -0.25) is 4.79 Å². The molecular formula is C21H26N2O2. The Labute approximate surface area is 149 Å². The maximum absolute atomic E-state index is 12.5. The van der Waals surface area contributed by atoms with E-state index in [0.717, 1.165) is 29.5 Å². The van der Waals surface area contributed by atoms with Crippen molar-refractivity contribution >= 4 is 17.3 Å². The Balaban J connectivity index is 1.60. The van der Waals surface area contributed by atoms with Gasteiger partial charge in [-0.05, 0) is 68.5 Å². The van der Waals surface area contributed by atoms with E-state index in [4.69, 9.17) is 4.74 Å². The molecule has 1 aliphatic rings. The minimum absolute atomic E-state index is 0.108. The zero-order valence-electron chi connectivity index (χ0n) is 14.9. The van der Waals surface area contributed by atoms with Crippen LogP contribution in [0.25, 0.3) is 0 Å². The highest BCUT2D eigenvalue weighted by Gasteiger charge is 2.21. The highest BCUT2D eigenvalue weighted by atomic mass is 16.5. The van der Waals surface area contributed by atoms with Gasteiger partial charge in [0.25, 0.3) is 5.91 Å². The summed E-state index contributed by atoms with van der Waals surface area (Å²) in [6.45, 7) is 5.58. The second-order valence-electron chi connectivity index (χ2n) is 6.99. The lowest BCUT2D eigenvalue weighted by atomic mass is 10.1. The summed E-state index contributed by atoms with van der Waals surface area (Å²) in [6, 6.07) is 15.7. The molecule has 132 valence electrons. The Morgan fingerprint density at radius 1 is 1.12 bits per heavy atom. The average Bonchev–Trinajstić information content (AvgIpc) is 3.39. The Morgan fingerprint density at radius 2 is 1.88 bits per heavy atom. The summed E-state index contributed by atoms with van der Waals surface area (Å²) in [6.07, 6.45) is 2.58. The first-order valence-electron chi connectivity index (χ1n) is 8.95. The molecule has 0 heterocycles. The maximum atomic E-state index is 12.5. The number of amides is 1. The molecule has 2 N–H and O–H groups in total. The Kier molecular flexibility index (Phi) is 5.71. The molecule has 1 amide bonds. The number of carbonyl (C=O) groups excluding carboxylic acids is 1. The summed E-state index contributed by atoms with van der Waals surface area (Å²) in [5.74, 6) is 0.651. The lowest BCUT2D eigenvalue weighted by Crippen LogP contribution is -2.14. The number of nitrogens with one attached hydrogen (secondary N) is 2. The predicted molar refractivity (Wildman–Crippen MR) is 102 cm³/mol. The van der Waals surface area contributed by atoms with Crippen LogP contribution in [-0.2, 0) is 11.3 Å². The SMILES string of the molecule is CC(C)Nc1cccc(C(=O)Nc2cccc(COCC3CC3)c2)c1. The van der Waals surface area contributed by atoms with E-state index in [9.17, 15) is 4.79 Å². The lowest BCUT2D eigenvalue weighted by Gasteiger charge is -2.12. The van der Waals surface area contributed by atoms with Gasteiger partial charge in [0.05, 0.1) is 6.61 Å². The zero-order chi connectivity index (χ0) is 17.6. The highest BCUT2D eigenvalue weighted by molar-refractivity contribution is 6.04. The van der Waals surface area contributed by atoms with Crippen LogP contribution < -0.4 is 10.6 Å². The van der Waals surface area contributed by atoms with E-state index in [0.29, 0.717) is 18.2 Å². The van der Waals surface area contributed by atoms with Crippen LogP contribution in [0.3, 0.4) is 0 Å². The number of hydrogen-bond acceptors (Lipinski definition) is 3. The molecule has 0 aliphatic heterocycles. The number of anilines is 2. The van der Waals surface area contributed by atoms with Crippen molar-refractivity contribution < 1.29 is 9.53 Å². The van der Waals surface area contributed by atoms with Crippen molar-refractivity contribution in [2.45, 2.75) is 39.3 Å². The Bertz CT molecular complexity index is 723. The molecule has 4 nitrogen and oxygen atoms in total. The lowest BCUT2D eigenvalue weighted by molar-refractivity contribution is 0.102. The van der Waals surface area contributed by atoms with E-state index < -0.39 is 0 Å². The van der Waals surface area contributed by atoms with Gasteiger partial charge in [-0.2, -0.15) is 0 Å². The summed E-state index contributed by atoms with van der Waals surface area (Å²) in [4.78, 5) is 12.5. The highest BCUT2D eigenvalue weighted by Crippen LogP contribution is 2.29. The fraction of sp³-hybridized carbons (Fsp3) is 0.381. The minimum atomic E-state index is -0.108. The molecule has 1 fully saturated rings. The molecule has 0 aromatic heterocycles. The van der Waals surface area contributed by atoms with Gasteiger partial charge in [0.1, 0.15) is 0 Å². The Hall–Kier alpha value is -2.33.